The molecule has 98 valence electrons. The molecule has 5 nitrogen and oxygen atoms in total. The standard InChI is InChI=1S/C14H15N3O2/c1-9-8-10(6-7-16-9)17-14(18)11-4-3-5-12(19-2)13(11)15/h3-8H,15H2,1-2H3,(H,16,17,18). The molecule has 0 saturated carbocycles. The van der Waals surface area contributed by atoms with Crippen molar-refractivity contribution in [3.05, 3.63) is 47.8 Å². The van der Waals surface area contributed by atoms with Crippen LogP contribution >= 0.6 is 0 Å². The van der Waals surface area contributed by atoms with Gasteiger partial charge in [-0.3, -0.25) is 9.78 Å². The quantitative estimate of drug-likeness (QED) is 0.827. The lowest BCUT2D eigenvalue weighted by Gasteiger charge is -2.10. The fourth-order valence-electron chi connectivity index (χ4n) is 1.74. The Morgan fingerprint density at radius 2 is 2.16 bits per heavy atom. The second kappa shape index (κ2) is 5.39. The number of amides is 1. The largest absolute Gasteiger partial charge is 0.495 e. The molecular weight excluding hydrogens is 242 g/mol. The van der Waals surface area contributed by atoms with Crippen LogP contribution in [0.4, 0.5) is 11.4 Å². The van der Waals surface area contributed by atoms with Crippen molar-refractivity contribution in [3.63, 3.8) is 0 Å². The summed E-state index contributed by atoms with van der Waals surface area (Å²) in [6.45, 7) is 1.86. The molecule has 0 unspecified atom stereocenters. The van der Waals surface area contributed by atoms with E-state index < -0.39 is 0 Å². The van der Waals surface area contributed by atoms with Crippen LogP contribution in [0.3, 0.4) is 0 Å². The third kappa shape index (κ3) is 2.82. The Labute approximate surface area is 111 Å². The molecule has 19 heavy (non-hydrogen) atoms. The van der Waals surface area contributed by atoms with Crippen LogP contribution in [0.2, 0.25) is 0 Å². The Hall–Kier alpha value is -2.56. The fourth-order valence-corrected chi connectivity index (χ4v) is 1.74. The molecule has 0 radical (unpaired) electrons. The van der Waals surface area contributed by atoms with Crippen molar-refractivity contribution >= 4 is 17.3 Å². The zero-order chi connectivity index (χ0) is 13.8. The number of anilines is 2. The van der Waals surface area contributed by atoms with E-state index in [0.717, 1.165) is 5.69 Å². The fraction of sp³-hybridized carbons (Fsp3) is 0.143. The van der Waals surface area contributed by atoms with Crippen molar-refractivity contribution in [1.82, 2.24) is 4.98 Å². The van der Waals surface area contributed by atoms with Gasteiger partial charge in [-0.15, -0.1) is 0 Å². The van der Waals surface area contributed by atoms with Gasteiger partial charge in [-0.1, -0.05) is 6.07 Å². The number of benzene rings is 1. The molecule has 1 aromatic heterocycles. The predicted octanol–water partition coefficient (Wildman–Crippen LogP) is 2.23. The highest BCUT2D eigenvalue weighted by atomic mass is 16.5. The second-order valence-corrected chi connectivity index (χ2v) is 4.06. The van der Waals surface area contributed by atoms with Gasteiger partial charge in [-0.2, -0.15) is 0 Å². The Bertz CT molecular complexity index is 611. The third-order valence-electron chi connectivity index (χ3n) is 2.69. The number of ether oxygens (including phenoxy) is 1. The molecule has 0 atom stereocenters. The number of para-hydroxylation sites is 1. The van der Waals surface area contributed by atoms with Crippen molar-refractivity contribution in [3.8, 4) is 5.75 Å². The smallest absolute Gasteiger partial charge is 0.257 e. The Morgan fingerprint density at radius 3 is 2.84 bits per heavy atom. The Morgan fingerprint density at radius 1 is 1.37 bits per heavy atom. The third-order valence-corrected chi connectivity index (χ3v) is 2.69. The lowest BCUT2D eigenvalue weighted by Crippen LogP contribution is -2.14. The van der Waals surface area contributed by atoms with Gasteiger partial charge in [0, 0.05) is 17.6 Å². The summed E-state index contributed by atoms with van der Waals surface area (Å²) in [4.78, 5) is 16.2. The maximum Gasteiger partial charge on any atom is 0.257 e. The van der Waals surface area contributed by atoms with Gasteiger partial charge in [-0.25, -0.2) is 0 Å². The summed E-state index contributed by atoms with van der Waals surface area (Å²) in [5.74, 6) is 0.209. The minimum atomic E-state index is -0.276. The van der Waals surface area contributed by atoms with Crippen molar-refractivity contribution in [2.45, 2.75) is 6.92 Å². The van der Waals surface area contributed by atoms with Crippen LogP contribution in [0, 0.1) is 6.92 Å². The van der Waals surface area contributed by atoms with Gasteiger partial charge in [-0.05, 0) is 31.2 Å². The van der Waals surface area contributed by atoms with E-state index in [1.807, 2.05) is 6.92 Å². The molecule has 0 bridgehead atoms. The first-order valence-electron chi connectivity index (χ1n) is 5.78. The van der Waals surface area contributed by atoms with E-state index in [-0.39, 0.29) is 5.91 Å². The van der Waals surface area contributed by atoms with Gasteiger partial charge >= 0.3 is 0 Å². The minimum absolute atomic E-state index is 0.276. The molecule has 0 aliphatic carbocycles. The summed E-state index contributed by atoms with van der Waals surface area (Å²) in [6.07, 6.45) is 1.64. The first-order chi connectivity index (χ1) is 9.11. The van der Waals surface area contributed by atoms with Gasteiger partial charge in [0.25, 0.3) is 5.91 Å². The van der Waals surface area contributed by atoms with E-state index in [4.69, 9.17) is 10.5 Å². The molecule has 2 rings (SSSR count). The average molecular weight is 257 g/mol. The minimum Gasteiger partial charge on any atom is -0.495 e. The number of methoxy groups -OCH3 is 1. The highest BCUT2D eigenvalue weighted by molar-refractivity contribution is 6.08. The van der Waals surface area contributed by atoms with E-state index in [0.29, 0.717) is 22.7 Å². The summed E-state index contributed by atoms with van der Waals surface area (Å²) >= 11 is 0. The summed E-state index contributed by atoms with van der Waals surface area (Å²) < 4.78 is 5.09. The van der Waals surface area contributed by atoms with Crippen LogP contribution in [0.15, 0.2) is 36.5 Å². The first-order valence-corrected chi connectivity index (χ1v) is 5.78. The van der Waals surface area contributed by atoms with Crippen molar-refractivity contribution < 1.29 is 9.53 Å². The number of nitrogens with two attached hydrogens (primary N) is 1. The summed E-state index contributed by atoms with van der Waals surface area (Å²) in [6, 6.07) is 8.60. The van der Waals surface area contributed by atoms with Crippen LogP contribution in [-0.2, 0) is 0 Å². The van der Waals surface area contributed by atoms with Crippen LogP contribution in [0.1, 0.15) is 16.1 Å². The highest BCUT2D eigenvalue weighted by Gasteiger charge is 2.13. The van der Waals surface area contributed by atoms with Crippen LogP contribution in [0.5, 0.6) is 5.75 Å². The van der Waals surface area contributed by atoms with Crippen molar-refractivity contribution in [2.24, 2.45) is 0 Å². The maximum absolute atomic E-state index is 12.1. The number of pyridine rings is 1. The van der Waals surface area contributed by atoms with E-state index in [1.54, 1.807) is 36.5 Å². The van der Waals surface area contributed by atoms with Crippen molar-refractivity contribution in [2.75, 3.05) is 18.2 Å². The SMILES string of the molecule is COc1cccc(C(=O)Nc2ccnc(C)c2)c1N. The van der Waals surface area contributed by atoms with Gasteiger partial charge in [0.1, 0.15) is 5.75 Å². The number of aryl methyl sites for hydroxylation is 1. The number of hydrogen-bond acceptors (Lipinski definition) is 4. The van der Waals surface area contributed by atoms with E-state index in [1.165, 1.54) is 7.11 Å². The van der Waals surface area contributed by atoms with Crippen LogP contribution in [0.25, 0.3) is 0 Å². The topological polar surface area (TPSA) is 77.2 Å². The summed E-state index contributed by atoms with van der Waals surface area (Å²) in [7, 11) is 1.51. The van der Waals surface area contributed by atoms with E-state index in [2.05, 4.69) is 10.3 Å². The summed E-state index contributed by atoms with van der Waals surface area (Å²) in [5.41, 5.74) is 8.10. The zero-order valence-electron chi connectivity index (χ0n) is 10.8. The molecule has 1 aromatic carbocycles. The molecule has 2 aromatic rings. The molecule has 0 aliphatic rings. The molecular formula is C14H15N3O2. The zero-order valence-corrected chi connectivity index (χ0v) is 10.8. The molecule has 5 heteroatoms. The van der Waals surface area contributed by atoms with Gasteiger partial charge in [0.05, 0.1) is 18.4 Å². The number of hydrogen-bond donors (Lipinski definition) is 2. The summed E-state index contributed by atoms with van der Waals surface area (Å²) in [5, 5.41) is 2.78. The van der Waals surface area contributed by atoms with E-state index in [9.17, 15) is 4.79 Å². The van der Waals surface area contributed by atoms with Crippen molar-refractivity contribution in [1.29, 1.82) is 0 Å². The lowest BCUT2D eigenvalue weighted by atomic mass is 10.1. The normalized spacial score (nSPS) is 10.0. The van der Waals surface area contributed by atoms with Crippen LogP contribution < -0.4 is 15.8 Å². The number of aromatic nitrogens is 1. The lowest BCUT2D eigenvalue weighted by molar-refractivity contribution is 0.102. The Kier molecular flexibility index (Phi) is 3.66. The maximum atomic E-state index is 12.1. The van der Waals surface area contributed by atoms with Crippen LogP contribution in [-0.4, -0.2) is 18.0 Å². The molecule has 0 saturated heterocycles. The monoisotopic (exact) mass is 257 g/mol. The number of nitrogens with zero attached hydrogens (tertiary/aromatic N) is 1. The Balaban J connectivity index is 2.25. The molecule has 0 spiro atoms. The molecule has 3 N–H and O–H groups in total. The van der Waals surface area contributed by atoms with E-state index >= 15 is 0 Å². The molecule has 0 aliphatic heterocycles. The number of nitrogen functional groups attached to an aromatic ring is 1. The molecule has 1 heterocycles. The number of nitrogens with one attached hydrogen (secondary N) is 1. The van der Waals surface area contributed by atoms with Gasteiger partial charge in [0.2, 0.25) is 0 Å². The first kappa shape index (κ1) is 12.9. The molecule has 1 amide bonds. The predicted molar refractivity (Wildman–Crippen MR) is 74.3 cm³/mol. The van der Waals surface area contributed by atoms with Gasteiger partial charge in [0.15, 0.2) is 0 Å². The average Bonchev–Trinajstić information content (AvgIpc) is 2.39. The highest BCUT2D eigenvalue weighted by Crippen LogP contribution is 2.25. The number of carbonyl (C=O) groups is 1. The number of rotatable bonds is 3. The second-order valence-electron chi connectivity index (χ2n) is 4.06. The number of carbonyl (C=O) groups excluding carboxylic acids is 1. The molecule has 0 fully saturated rings. The van der Waals surface area contributed by atoms with Gasteiger partial charge < -0.3 is 15.8 Å².